The van der Waals surface area contributed by atoms with E-state index in [-0.39, 0.29) is 15.6 Å². The molecule has 0 fully saturated rings. The van der Waals surface area contributed by atoms with Crippen LogP contribution in [-0.2, 0) is 27.2 Å². The van der Waals surface area contributed by atoms with E-state index in [0.29, 0.717) is 16.9 Å². The predicted octanol–water partition coefficient (Wildman–Crippen LogP) is 3.98. The van der Waals surface area contributed by atoms with Crippen LogP contribution in [0.5, 0.6) is 5.75 Å². The summed E-state index contributed by atoms with van der Waals surface area (Å²) in [5, 5.41) is 6.84. The number of hydrazone groups is 1. The first-order chi connectivity index (χ1) is 17.4. The van der Waals surface area contributed by atoms with Crippen LogP contribution in [0, 0.1) is 0 Å². The van der Waals surface area contributed by atoms with Crippen LogP contribution in [0.25, 0.3) is 0 Å². The summed E-state index contributed by atoms with van der Waals surface area (Å²) in [5.41, 5.74) is 4.13. The van der Waals surface area contributed by atoms with Gasteiger partial charge in [0.2, 0.25) is 0 Å². The second-order valence-electron chi connectivity index (χ2n) is 7.64. The Hall–Kier alpha value is -4.02. The lowest BCUT2D eigenvalue weighted by atomic mass is 10.1. The molecule has 0 bridgehead atoms. The summed E-state index contributed by atoms with van der Waals surface area (Å²) < 4.78 is 10.1. The zero-order chi connectivity index (χ0) is 25.7. The van der Waals surface area contributed by atoms with E-state index in [2.05, 4.69) is 15.8 Å². The van der Waals surface area contributed by atoms with Crippen molar-refractivity contribution in [3.63, 3.8) is 0 Å². The molecule has 184 valence electrons. The van der Waals surface area contributed by atoms with Crippen LogP contribution >= 0.6 is 22.9 Å². The van der Waals surface area contributed by atoms with E-state index in [0.717, 1.165) is 29.7 Å². The fourth-order valence-corrected chi connectivity index (χ4v) is 5.08. The van der Waals surface area contributed by atoms with Gasteiger partial charge in [-0.25, -0.2) is 15.0 Å². The number of fused-ring (bicyclic) bond motifs is 1. The Bertz CT molecular complexity index is 1370. The third-order valence-electron chi connectivity index (χ3n) is 5.31. The lowest BCUT2D eigenvalue weighted by Gasteiger charge is -2.06. The van der Waals surface area contributed by atoms with E-state index in [4.69, 9.17) is 21.1 Å². The number of carbonyl (C=O) groups excluding carboxylic acids is 4. The number of carbonyl (C=O) groups is 4. The van der Waals surface area contributed by atoms with Gasteiger partial charge in [-0.15, -0.1) is 11.3 Å². The van der Waals surface area contributed by atoms with Crippen molar-refractivity contribution >= 4 is 57.9 Å². The fraction of sp³-hybridized carbons (Fsp3) is 0.160. The van der Waals surface area contributed by atoms with Gasteiger partial charge in [0.05, 0.1) is 29.5 Å². The molecule has 0 unspecified atom stereocenters. The molecule has 1 aromatic heterocycles. The van der Waals surface area contributed by atoms with Crippen LogP contribution in [-0.4, -0.2) is 37.1 Å². The van der Waals surface area contributed by atoms with Crippen LogP contribution < -0.4 is 15.5 Å². The van der Waals surface area contributed by atoms with Crippen LogP contribution in [0.4, 0.5) is 5.00 Å². The number of rotatable bonds is 6. The smallest absolute Gasteiger partial charge is 0.345 e. The Morgan fingerprint density at radius 3 is 2.47 bits per heavy atom. The van der Waals surface area contributed by atoms with Gasteiger partial charge < -0.3 is 14.8 Å². The molecule has 0 atom stereocenters. The summed E-state index contributed by atoms with van der Waals surface area (Å²) >= 11 is 7.27. The molecule has 0 saturated heterocycles. The van der Waals surface area contributed by atoms with Gasteiger partial charge in [-0.2, -0.15) is 5.10 Å². The summed E-state index contributed by atoms with van der Waals surface area (Å²) in [4.78, 5) is 49.9. The van der Waals surface area contributed by atoms with E-state index in [1.165, 1.54) is 24.7 Å². The van der Waals surface area contributed by atoms with Crippen LogP contribution in [0.2, 0.25) is 5.02 Å². The van der Waals surface area contributed by atoms with Gasteiger partial charge in [-0.05, 0) is 66.8 Å². The van der Waals surface area contributed by atoms with Crippen LogP contribution in [0.3, 0.4) is 0 Å². The van der Waals surface area contributed by atoms with Gasteiger partial charge in [-0.1, -0.05) is 23.7 Å². The van der Waals surface area contributed by atoms with Crippen molar-refractivity contribution in [2.45, 2.75) is 19.3 Å². The Labute approximate surface area is 215 Å². The number of methoxy groups -OCH3 is 1. The maximum absolute atomic E-state index is 12.3. The van der Waals surface area contributed by atoms with E-state index in [1.807, 2.05) is 0 Å². The molecule has 2 N–H and O–H groups in total. The molecular formula is C25H20ClN3O6S. The maximum Gasteiger partial charge on any atom is 0.345 e. The first-order valence-electron chi connectivity index (χ1n) is 10.8. The number of nitrogens with one attached hydrogen (secondary N) is 2. The van der Waals surface area contributed by atoms with Crippen molar-refractivity contribution in [2.75, 3.05) is 12.4 Å². The summed E-state index contributed by atoms with van der Waals surface area (Å²) in [6, 6.07) is 12.9. The number of amides is 2. The molecule has 2 aromatic carbocycles. The molecular weight excluding hydrogens is 506 g/mol. The second kappa shape index (κ2) is 11.1. The molecule has 9 nitrogen and oxygen atoms in total. The summed E-state index contributed by atoms with van der Waals surface area (Å²) in [5.74, 6) is -2.81. The minimum atomic E-state index is -0.999. The van der Waals surface area contributed by atoms with Gasteiger partial charge in [0.15, 0.2) is 0 Å². The standard InChI is InChI=1S/C25H20ClN3O6S/c1-34-25(33)20-17-6-4-8-19(17)36-23(20)28-21(30)22(31)29-27-13-14-9-11-15(12-10-14)35-24(32)16-5-2-3-7-18(16)26/h2-3,5,7,9-13H,4,6,8H2,1H3,(H,28,30)(H,29,31)/b27-13+. The molecule has 1 heterocycles. The van der Waals surface area contributed by atoms with E-state index in [9.17, 15) is 19.2 Å². The molecule has 0 radical (unpaired) electrons. The highest BCUT2D eigenvalue weighted by Crippen LogP contribution is 2.39. The molecule has 1 aliphatic rings. The lowest BCUT2D eigenvalue weighted by Crippen LogP contribution is -2.32. The van der Waals surface area contributed by atoms with Gasteiger partial charge in [0.1, 0.15) is 10.8 Å². The molecule has 11 heteroatoms. The maximum atomic E-state index is 12.3. The summed E-state index contributed by atoms with van der Waals surface area (Å²) in [6.07, 6.45) is 3.79. The number of ether oxygens (including phenoxy) is 2. The largest absolute Gasteiger partial charge is 0.465 e. The van der Waals surface area contributed by atoms with Crippen molar-refractivity contribution < 1.29 is 28.7 Å². The molecule has 1 aliphatic carbocycles. The summed E-state index contributed by atoms with van der Waals surface area (Å²) in [7, 11) is 1.27. The molecule has 2 amide bonds. The van der Waals surface area contributed by atoms with E-state index < -0.39 is 23.8 Å². The number of hydrogen-bond donors (Lipinski definition) is 2. The van der Waals surface area contributed by atoms with Crippen molar-refractivity contribution in [1.82, 2.24) is 5.43 Å². The lowest BCUT2D eigenvalue weighted by molar-refractivity contribution is -0.136. The first-order valence-corrected chi connectivity index (χ1v) is 12.0. The third kappa shape index (κ3) is 5.61. The highest BCUT2D eigenvalue weighted by molar-refractivity contribution is 7.17. The third-order valence-corrected chi connectivity index (χ3v) is 6.85. The second-order valence-corrected chi connectivity index (χ2v) is 9.16. The average molecular weight is 526 g/mol. The number of aryl methyl sites for hydroxylation is 1. The Morgan fingerprint density at radius 1 is 1.00 bits per heavy atom. The van der Waals surface area contributed by atoms with Gasteiger partial charge in [0.25, 0.3) is 0 Å². The number of esters is 2. The van der Waals surface area contributed by atoms with Crippen LogP contribution in [0.15, 0.2) is 53.6 Å². The number of nitrogens with zero attached hydrogens (tertiary/aromatic N) is 1. The van der Waals surface area contributed by atoms with Crippen molar-refractivity contribution in [3.8, 4) is 5.75 Å². The number of benzene rings is 2. The van der Waals surface area contributed by atoms with Crippen molar-refractivity contribution in [3.05, 3.63) is 80.7 Å². The quantitative estimate of drug-likeness (QED) is 0.165. The number of hydrogen-bond acceptors (Lipinski definition) is 8. The van der Waals surface area contributed by atoms with Gasteiger partial charge >= 0.3 is 23.8 Å². The van der Waals surface area contributed by atoms with E-state index in [1.54, 1.807) is 48.5 Å². The van der Waals surface area contributed by atoms with E-state index >= 15 is 0 Å². The predicted molar refractivity (Wildman–Crippen MR) is 135 cm³/mol. The van der Waals surface area contributed by atoms with Crippen LogP contribution in [0.1, 0.15) is 43.1 Å². The first kappa shape index (κ1) is 25.1. The molecule has 0 saturated carbocycles. The topological polar surface area (TPSA) is 123 Å². The molecule has 3 aromatic rings. The normalized spacial score (nSPS) is 12.2. The highest BCUT2D eigenvalue weighted by Gasteiger charge is 2.29. The molecule has 4 rings (SSSR count). The number of anilines is 1. The highest BCUT2D eigenvalue weighted by atomic mass is 35.5. The minimum absolute atomic E-state index is 0.247. The van der Waals surface area contributed by atoms with Gasteiger partial charge in [-0.3, -0.25) is 9.59 Å². The zero-order valence-electron chi connectivity index (χ0n) is 19.0. The SMILES string of the molecule is COC(=O)c1c(NC(=O)C(=O)N/N=C/c2ccc(OC(=O)c3ccccc3Cl)cc2)sc2c1CCC2. The average Bonchev–Trinajstić information content (AvgIpc) is 3.45. The Kier molecular flexibility index (Phi) is 7.77. The monoisotopic (exact) mass is 525 g/mol. The number of halogens is 1. The van der Waals surface area contributed by atoms with Crippen molar-refractivity contribution in [1.29, 1.82) is 0 Å². The minimum Gasteiger partial charge on any atom is -0.465 e. The van der Waals surface area contributed by atoms with Gasteiger partial charge in [0, 0.05) is 4.88 Å². The zero-order valence-corrected chi connectivity index (χ0v) is 20.6. The number of thiophene rings is 1. The Morgan fingerprint density at radius 2 is 1.75 bits per heavy atom. The van der Waals surface area contributed by atoms with Crippen molar-refractivity contribution in [2.24, 2.45) is 5.10 Å². The molecule has 0 aliphatic heterocycles. The summed E-state index contributed by atoms with van der Waals surface area (Å²) in [6.45, 7) is 0. The Balaban J connectivity index is 1.32. The fourth-order valence-electron chi connectivity index (χ4n) is 3.60. The molecule has 36 heavy (non-hydrogen) atoms. The molecule has 0 spiro atoms.